The number of piperidine rings is 1. The van der Waals surface area contributed by atoms with Gasteiger partial charge in [0.05, 0.1) is 0 Å². The van der Waals surface area contributed by atoms with Gasteiger partial charge in [0.1, 0.15) is 6.33 Å². The molecule has 0 aromatic carbocycles. The molecule has 14 heavy (non-hydrogen) atoms. The maximum Gasteiger partial charge on any atom is 0.250 e. The molecule has 0 amide bonds. The summed E-state index contributed by atoms with van der Waals surface area (Å²) in [6.45, 7) is 0.931. The van der Waals surface area contributed by atoms with Crippen molar-refractivity contribution in [2.45, 2.75) is 18.8 Å². The molecule has 1 fully saturated rings. The average Bonchev–Trinajstić information content (AvgIpc) is 2.21. The van der Waals surface area contributed by atoms with Crippen LogP contribution >= 0.6 is 0 Å². The zero-order valence-electron chi connectivity index (χ0n) is 7.79. The van der Waals surface area contributed by atoms with Crippen LogP contribution < -0.4 is 5.32 Å². The van der Waals surface area contributed by atoms with Crippen LogP contribution in [0, 0.1) is 0 Å². The predicted octanol–water partition coefficient (Wildman–Crippen LogP) is 1.48. The van der Waals surface area contributed by atoms with E-state index in [-0.39, 0.29) is 12.8 Å². The Morgan fingerprint density at radius 2 is 1.64 bits per heavy atom. The van der Waals surface area contributed by atoms with E-state index in [1.165, 1.54) is 6.33 Å². The Morgan fingerprint density at radius 3 is 1.86 bits per heavy atom. The van der Waals surface area contributed by atoms with E-state index in [4.69, 9.17) is 0 Å². The molecule has 2 rings (SSSR count). The van der Waals surface area contributed by atoms with E-state index in [1.807, 2.05) is 0 Å². The van der Waals surface area contributed by atoms with E-state index in [1.54, 1.807) is 18.5 Å². The van der Waals surface area contributed by atoms with Crippen LogP contribution in [0.15, 0.2) is 24.8 Å². The smallest absolute Gasteiger partial charge is 0.250 e. The summed E-state index contributed by atoms with van der Waals surface area (Å²) in [5, 5.41) is 2.86. The molecule has 0 spiro atoms. The van der Waals surface area contributed by atoms with Gasteiger partial charge in [-0.1, -0.05) is 0 Å². The molecule has 0 aliphatic carbocycles. The standard InChI is InChI=1S/C5H9F2N.C4H4N2/c6-5(7)1-3-8-4-2-5;1-2-5-4-6-3-1/h8H,1-4H2;1-4H. The largest absolute Gasteiger partial charge is 0.316 e. The molecular formula is C9H13F2N3. The zero-order chi connectivity index (χ0) is 10.3. The van der Waals surface area contributed by atoms with Gasteiger partial charge in [-0.05, 0) is 6.07 Å². The lowest BCUT2D eigenvalue weighted by Crippen LogP contribution is -2.35. The van der Waals surface area contributed by atoms with Crippen molar-refractivity contribution in [2.24, 2.45) is 0 Å². The van der Waals surface area contributed by atoms with Crippen LogP contribution in [-0.2, 0) is 0 Å². The summed E-state index contributed by atoms with van der Waals surface area (Å²) in [7, 11) is 0. The van der Waals surface area contributed by atoms with E-state index in [0.29, 0.717) is 13.1 Å². The molecule has 1 aromatic rings. The number of nitrogens with one attached hydrogen (secondary N) is 1. The van der Waals surface area contributed by atoms with Crippen LogP contribution in [0.2, 0.25) is 0 Å². The van der Waals surface area contributed by atoms with Crippen molar-refractivity contribution >= 4 is 0 Å². The molecule has 5 heteroatoms. The highest BCUT2D eigenvalue weighted by molar-refractivity contribution is 4.74. The van der Waals surface area contributed by atoms with Crippen molar-refractivity contribution in [3.05, 3.63) is 24.8 Å². The summed E-state index contributed by atoms with van der Waals surface area (Å²) in [6, 6.07) is 1.78. The van der Waals surface area contributed by atoms with Gasteiger partial charge in [0.2, 0.25) is 0 Å². The Morgan fingerprint density at radius 1 is 1.07 bits per heavy atom. The van der Waals surface area contributed by atoms with E-state index < -0.39 is 5.92 Å². The second-order valence-corrected chi connectivity index (χ2v) is 3.01. The first-order valence-corrected chi connectivity index (χ1v) is 4.49. The summed E-state index contributed by atoms with van der Waals surface area (Å²) >= 11 is 0. The third kappa shape index (κ3) is 4.81. The number of nitrogens with zero attached hydrogens (tertiary/aromatic N) is 2. The van der Waals surface area contributed by atoms with Crippen LogP contribution in [0.3, 0.4) is 0 Å². The van der Waals surface area contributed by atoms with Crippen molar-refractivity contribution < 1.29 is 8.78 Å². The molecule has 0 saturated carbocycles. The first-order valence-electron chi connectivity index (χ1n) is 4.49. The van der Waals surface area contributed by atoms with Crippen molar-refractivity contribution in [3.63, 3.8) is 0 Å². The van der Waals surface area contributed by atoms with Gasteiger partial charge in [-0.2, -0.15) is 0 Å². The average molecular weight is 201 g/mol. The summed E-state index contributed by atoms with van der Waals surface area (Å²) in [4.78, 5) is 7.35. The molecule has 1 aliphatic heterocycles. The van der Waals surface area contributed by atoms with Crippen molar-refractivity contribution in [2.75, 3.05) is 13.1 Å². The maximum atomic E-state index is 12.2. The minimum atomic E-state index is -2.38. The van der Waals surface area contributed by atoms with Gasteiger partial charge < -0.3 is 5.32 Å². The van der Waals surface area contributed by atoms with Gasteiger partial charge >= 0.3 is 0 Å². The van der Waals surface area contributed by atoms with E-state index in [9.17, 15) is 8.78 Å². The number of alkyl halides is 2. The topological polar surface area (TPSA) is 37.8 Å². The Balaban J connectivity index is 0.000000146. The number of hydrogen-bond acceptors (Lipinski definition) is 3. The Hall–Kier alpha value is -1.10. The van der Waals surface area contributed by atoms with E-state index >= 15 is 0 Å². The summed E-state index contributed by atoms with van der Waals surface area (Å²) in [5.41, 5.74) is 0. The molecular weight excluding hydrogens is 188 g/mol. The lowest BCUT2D eigenvalue weighted by molar-refractivity contribution is -0.0274. The van der Waals surface area contributed by atoms with Gasteiger partial charge in [-0.15, -0.1) is 0 Å². The molecule has 0 radical (unpaired) electrons. The summed E-state index contributed by atoms with van der Waals surface area (Å²) < 4.78 is 24.3. The molecule has 2 heterocycles. The molecule has 78 valence electrons. The molecule has 0 unspecified atom stereocenters. The van der Waals surface area contributed by atoms with Crippen LogP contribution in [-0.4, -0.2) is 29.0 Å². The predicted molar refractivity (Wildman–Crippen MR) is 49.1 cm³/mol. The van der Waals surface area contributed by atoms with Gasteiger partial charge in [0.15, 0.2) is 0 Å². The molecule has 1 aliphatic rings. The Kier molecular flexibility index (Phi) is 4.39. The second-order valence-electron chi connectivity index (χ2n) is 3.01. The van der Waals surface area contributed by atoms with Crippen LogP contribution in [0.5, 0.6) is 0 Å². The number of aromatic nitrogens is 2. The highest BCUT2D eigenvalue weighted by Gasteiger charge is 2.30. The quantitative estimate of drug-likeness (QED) is 0.691. The molecule has 0 atom stereocenters. The number of hydrogen-bond donors (Lipinski definition) is 1. The second kappa shape index (κ2) is 5.59. The summed E-state index contributed by atoms with van der Waals surface area (Å²) in [5.74, 6) is -2.38. The monoisotopic (exact) mass is 201 g/mol. The SMILES string of the molecule is FC1(F)CCNCC1.c1cncnc1. The first-order chi connectivity index (χ1) is 6.71. The fraction of sp³-hybridized carbons (Fsp3) is 0.556. The van der Waals surface area contributed by atoms with Crippen LogP contribution in [0.1, 0.15) is 12.8 Å². The van der Waals surface area contributed by atoms with Crippen LogP contribution in [0.25, 0.3) is 0 Å². The molecule has 1 aromatic heterocycles. The zero-order valence-corrected chi connectivity index (χ0v) is 7.79. The molecule has 1 N–H and O–H groups in total. The molecule has 0 bridgehead atoms. The van der Waals surface area contributed by atoms with E-state index in [0.717, 1.165) is 0 Å². The Bertz CT molecular complexity index is 206. The third-order valence-corrected chi connectivity index (χ3v) is 1.81. The molecule has 1 saturated heterocycles. The lowest BCUT2D eigenvalue weighted by Gasteiger charge is -2.21. The number of halogens is 2. The normalized spacial score (nSPS) is 19.3. The Labute approximate surface area is 81.6 Å². The lowest BCUT2D eigenvalue weighted by atomic mass is 10.1. The minimum Gasteiger partial charge on any atom is -0.316 e. The maximum absolute atomic E-state index is 12.2. The highest BCUT2D eigenvalue weighted by Crippen LogP contribution is 2.23. The fourth-order valence-electron chi connectivity index (χ4n) is 1.05. The molecule has 3 nitrogen and oxygen atoms in total. The highest BCUT2D eigenvalue weighted by atomic mass is 19.3. The van der Waals surface area contributed by atoms with Crippen LogP contribution in [0.4, 0.5) is 8.78 Å². The van der Waals surface area contributed by atoms with Gasteiger partial charge in [-0.25, -0.2) is 18.7 Å². The van der Waals surface area contributed by atoms with Gasteiger partial charge in [-0.3, -0.25) is 0 Å². The van der Waals surface area contributed by atoms with Crippen molar-refractivity contribution in [3.8, 4) is 0 Å². The number of rotatable bonds is 0. The van der Waals surface area contributed by atoms with E-state index in [2.05, 4.69) is 15.3 Å². The van der Waals surface area contributed by atoms with Gasteiger partial charge in [0.25, 0.3) is 5.92 Å². The fourth-order valence-corrected chi connectivity index (χ4v) is 1.05. The minimum absolute atomic E-state index is 0.00694. The third-order valence-electron chi connectivity index (χ3n) is 1.81. The van der Waals surface area contributed by atoms with Crippen molar-refractivity contribution in [1.82, 2.24) is 15.3 Å². The van der Waals surface area contributed by atoms with Gasteiger partial charge in [0, 0.05) is 38.3 Å². The van der Waals surface area contributed by atoms with Crippen molar-refractivity contribution in [1.29, 1.82) is 0 Å². The summed E-state index contributed by atoms with van der Waals surface area (Å²) in [6.07, 6.45) is 4.89. The first kappa shape index (κ1) is 11.0.